The Morgan fingerprint density at radius 3 is 2.32 bits per heavy atom. The standard InChI is InChI=1S/C15H11ClF3N3O3/c1-20-12(23)9-6-7(2-4-10(9)16)21-13(24)8-3-5-11(15(17,18)19)22-14(8)25/h2-6H,1H3,(H,20,23)(H,21,24)(H,22,25). The van der Waals surface area contributed by atoms with Crippen LogP contribution < -0.4 is 16.2 Å². The Hall–Kier alpha value is -2.81. The van der Waals surface area contributed by atoms with Gasteiger partial charge < -0.3 is 15.6 Å². The van der Waals surface area contributed by atoms with E-state index in [0.717, 1.165) is 6.07 Å². The summed E-state index contributed by atoms with van der Waals surface area (Å²) in [5, 5.41) is 4.83. The number of aromatic amines is 1. The van der Waals surface area contributed by atoms with Crippen LogP contribution in [-0.4, -0.2) is 23.8 Å². The molecule has 1 aromatic carbocycles. The van der Waals surface area contributed by atoms with Gasteiger partial charge in [0.05, 0.1) is 10.6 Å². The van der Waals surface area contributed by atoms with E-state index in [-0.39, 0.29) is 16.3 Å². The van der Waals surface area contributed by atoms with Crippen molar-refractivity contribution in [3.8, 4) is 0 Å². The molecule has 10 heteroatoms. The third-order valence-electron chi connectivity index (χ3n) is 3.16. The minimum Gasteiger partial charge on any atom is -0.355 e. The molecule has 1 heterocycles. The maximum Gasteiger partial charge on any atom is 0.431 e. The van der Waals surface area contributed by atoms with Crippen LogP contribution in [0, 0.1) is 0 Å². The molecule has 0 aliphatic rings. The van der Waals surface area contributed by atoms with Crippen molar-refractivity contribution in [1.82, 2.24) is 10.3 Å². The molecule has 3 N–H and O–H groups in total. The van der Waals surface area contributed by atoms with Crippen LogP contribution >= 0.6 is 11.6 Å². The first-order chi connectivity index (χ1) is 11.6. The van der Waals surface area contributed by atoms with E-state index in [1.165, 1.54) is 25.2 Å². The molecule has 0 spiro atoms. The zero-order chi connectivity index (χ0) is 18.8. The van der Waals surface area contributed by atoms with Crippen LogP contribution in [0.25, 0.3) is 0 Å². The normalized spacial score (nSPS) is 11.1. The molecule has 0 fully saturated rings. The van der Waals surface area contributed by atoms with Gasteiger partial charge in [-0.25, -0.2) is 0 Å². The Kier molecular flexibility index (Phi) is 5.17. The molecule has 0 saturated carbocycles. The quantitative estimate of drug-likeness (QED) is 0.772. The molecule has 0 unspecified atom stereocenters. The van der Waals surface area contributed by atoms with Gasteiger partial charge in [0.15, 0.2) is 0 Å². The number of H-pyrrole nitrogens is 1. The van der Waals surface area contributed by atoms with E-state index >= 15 is 0 Å². The van der Waals surface area contributed by atoms with Gasteiger partial charge >= 0.3 is 6.18 Å². The molecule has 1 aromatic heterocycles. The van der Waals surface area contributed by atoms with Crippen molar-refractivity contribution in [3.63, 3.8) is 0 Å². The van der Waals surface area contributed by atoms with Crippen LogP contribution in [0.3, 0.4) is 0 Å². The van der Waals surface area contributed by atoms with E-state index < -0.39 is 34.8 Å². The molecular weight excluding hydrogens is 363 g/mol. The van der Waals surface area contributed by atoms with E-state index in [1.54, 1.807) is 4.98 Å². The number of pyridine rings is 1. The molecule has 0 aliphatic heterocycles. The second kappa shape index (κ2) is 6.98. The lowest BCUT2D eigenvalue weighted by atomic mass is 10.1. The summed E-state index contributed by atoms with van der Waals surface area (Å²) >= 11 is 5.87. The number of benzene rings is 1. The number of nitrogens with one attached hydrogen (secondary N) is 3. The first-order valence-electron chi connectivity index (χ1n) is 6.77. The predicted octanol–water partition coefficient (Wildman–Crippen LogP) is 2.66. The third kappa shape index (κ3) is 4.18. The number of rotatable bonds is 3. The smallest absolute Gasteiger partial charge is 0.355 e. The van der Waals surface area contributed by atoms with Gasteiger partial charge in [-0.15, -0.1) is 0 Å². The average Bonchev–Trinajstić information content (AvgIpc) is 2.54. The van der Waals surface area contributed by atoms with Crippen molar-refractivity contribution in [1.29, 1.82) is 0 Å². The van der Waals surface area contributed by atoms with Gasteiger partial charge in [0.2, 0.25) is 0 Å². The Morgan fingerprint density at radius 1 is 1.08 bits per heavy atom. The fraction of sp³-hybridized carbons (Fsp3) is 0.133. The topological polar surface area (TPSA) is 91.1 Å². The van der Waals surface area contributed by atoms with Crippen LogP contribution in [0.1, 0.15) is 26.4 Å². The number of halogens is 4. The highest BCUT2D eigenvalue weighted by molar-refractivity contribution is 6.34. The van der Waals surface area contributed by atoms with Crippen LogP contribution in [0.4, 0.5) is 18.9 Å². The van der Waals surface area contributed by atoms with E-state index in [4.69, 9.17) is 11.6 Å². The summed E-state index contributed by atoms with van der Waals surface area (Å²) in [7, 11) is 1.39. The van der Waals surface area contributed by atoms with Crippen molar-refractivity contribution >= 4 is 29.1 Å². The first kappa shape index (κ1) is 18.5. The number of aromatic nitrogens is 1. The molecule has 25 heavy (non-hydrogen) atoms. The van der Waals surface area contributed by atoms with Crippen LogP contribution in [0.15, 0.2) is 35.1 Å². The lowest BCUT2D eigenvalue weighted by molar-refractivity contribution is -0.141. The molecule has 0 radical (unpaired) electrons. The van der Waals surface area contributed by atoms with E-state index in [1.807, 2.05) is 0 Å². The van der Waals surface area contributed by atoms with E-state index in [9.17, 15) is 27.6 Å². The molecule has 0 saturated heterocycles. The van der Waals surface area contributed by atoms with Crippen LogP contribution in [-0.2, 0) is 6.18 Å². The summed E-state index contributed by atoms with van der Waals surface area (Å²) < 4.78 is 37.6. The number of hydrogen-bond acceptors (Lipinski definition) is 3. The molecule has 0 atom stereocenters. The Bertz CT molecular complexity index is 894. The molecular formula is C15H11ClF3N3O3. The minimum atomic E-state index is -4.73. The van der Waals surface area contributed by atoms with Crippen molar-refractivity contribution < 1.29 is 22.8 Å². The van der Waals surface area contributed by atoms with Crippen molar-refractivity contribution in [3.05, 3.63) is 62.5 Å². The van der Waals surface area contributed by atoms with Crippen LogP contribution in [0.2, 0.25) is 5.02 Å². The van der Waals surface area contributed by atoms with Gasteiger partial charge in [-0.1, -0.05) is 11.6 Å². The highest BCUT2D eigenvalue weighted by Gasteiger charge is 2.32. The highest BCUT2D eigenvalue weighted by atomic mass is 35.5. The maximum atomic E-state index is 12.5. The molecule has 0 bridgehead atoms. The van der Waals surface area contributed by atoms with Gasteiger partial charge in [0.1, 0.15) is 11.3 Å². The minimum absolute atomic E-state index is 0.0864. The van der Waals surface area contributed by atoms with Gasteiger partial charge in [0, 0.05) is 12.7 Å². The molecule has 2 rings (SSSR count). The lowest BCUT2D eigenvalue weighted by Crippen LogP contribution is -2.26. The summed E-state index contributed by atoms with van der Waals surface area (Å²) in [6, 6.07) is 5.38. The second-order valence-electron chi connectivity index (χ2n) is 4.84. The molecule has 2 aromatic rings. The fourth-order valence-electron chi connectivity index (χ4n) is 1.93. The monoisotopic (exact) mass is 373 g/mol. The van der Waals surface area contributed by atoms with E-state index in [2.05, 4.69) is 10.6 Å². The molecule has 0 aliphatic carbocycles. The van der Waals surface area contributed by atoms with Gasteiger partial charge in [-0.2, -0.15) is 13.2 Å². The number of alkyl halides is 3. The number of anilines is 1. The number of carbonyl (C=O) groups excluding carboxylic acids is 2. The summed E-state index contributed by atoms with van der Waals surface area (Å²) in [6.07, 6.45) is -4.73. The third-order valence-corrected chi connectivity index (χ3v) is 3.49. The number of carbonyl (C=O) groups is 2. The zero-order valence-corrected chi connectivity index (χ0v) is 13.4. The zero-order valence-electron chi connectivity index (χ0n) is 12.6. The Morgan fingerprint density at radius 2 is 1.76 bits per heavy atom. The van der Waals surface area contributed by atoms with Gasteiger partial charge in [0.25, 0.3) is 17.4 Å². The first-order valence-corrected chi connectivity index (χ1v) is 7.14. The maximum absolute atomic E-state index is 12.5. The fourth-order valence-corrected chi connectivity index (χ4v) is 2.13. The van der Waals surface area contributed by atoms with Gasteiger partial charge in [-0.3, -0.25) is 14.4 Å². The van der Waals surface area contributed by atoms with Crippen molar-refractivity contribution in [2.24, 2.45) is 0 Å². The Labute approximate surface area is 144 Å². The number of hydrogen-bond donors (Lipinski definition) is 3. The summed E-state index contributed by atoms with van der Waals surface area (Å²) in [6.45, 7) is 0. The SMILES string of the molecule is CNC(=O)c1cc(NC(=O)c2ccc(C(F)(F)F)[nH]c2=O)ccc1Cl. The summed E-state index contributed by atoms with van der Waals surface area (Å²) in [4.78, 5) is 37.0. The van der Waals surface area contributed by atoms with Gasteiger partial charge in [-0.05, 0) is 30.3 Å². The molecule has 6 nitrogen and oxygen atoms in total. The largest absolute Gasteiger partial charge is 0.431 e. The predicted molar refractivity (Wildman–Crippen MR) is 84.9 cm³/mol. The molecule has 2 amide bonds. The highest BCUT2D eigenvalue weighted by Crippen LogP contribution is 2.26. The number of amides is 2. The Balaban J connectivity index is 2.29. The van der Waals surface area contributed by atoms with E-state index in [0.29, 0.717) is 6.07 Å². The van der Waals surface area contributed by atoms with Crippen molar-refractivity contribution in [2.45, 2.75) is 6.18 Å². The average molecular weight is 374 g/mol. The van der Waals surface area contributed by atoms with Crippen molar-refractivity contribution in [2.75, 3.05) is 12.4 Å². The summed E-state index contributed by atoms with van der Waals surface area (Å²) in [5.41, 5.74) is -2.73. The second-order valence-corrected chi connectivity index (χ2v) is 5.25. The summed E-state index contributed by atoms with van der Waals surface area (Å²) in [5.74, 6) is -1.42. The lowest BCUT2D eigenvalue weighted by Gasteiger charge is -2.09. The molecule has 132 valence electrons. The van der Waals surface area contributed by atoms with Crippen LogP contribution in [0.5, 0.6) is 0 Å².